The molecule has 0 aromatic rings. The van der Waals surface area contributed by atoms with Crippen molar-refractivity contribution in [1.29, 1.82) is 0 Å². The zero-order chi connectivity index (χ0) is 11.9. The summed E-state index contributed by atoms with van der Waals surface area (Å²) in [5, 5.41) is 0. The largest absolute Gasteiger partial charge is 0.376 e. The fraction of sp³-hybridized carbons (Fsp3) is 1.00. The molecule has 1 aliphatic rings. The number of ether oxygens (including phenoxy) is 1. The molecule has 3 atom stereocenters. The normalized spacial score (nSPS) is 37.6. The summed E-state index contributed by atoms with van der Waals surface area (Å²) in [6.07, 6.45) is 1.26. The van der Waals surface area contributed by atoms with Gasteiger partial charge >= 0.3 is 0 Å². The highest BCUT2D eigenvalue weighted by molar-refractivity contribution is 5.06. The van der Waals surface area contributed by atoms with E-state index in [0.29, 0.717) is 5.92 Å². The number of nitrogens with two attached hydrogens (primary N) is 1. The van der Waals surface area contributed by atoms with E-state index in [1.54, 1.807) is 0 Å². The first-order chi connectivity index (χ1) is 6.77. The van der Waals surface area contributed by atoms with Crippen molar-refractivity contribution in [3.05, 3.63) is 0 Å². The Morgan fingerprint density at radius 3 is 2.13 bits per heavy atom. The van der Waals surface area contributed by atoms with E-state index in [0.717, 1.165) is 13.0 Å². The molecule has 1 saturated heterocycles. The Labute approximate surface area is 94.6 Å². The van der Waals surface area contributed by atoms with Crippen molar-refractivity contribution in [2.45, 2.75) is 60.1 Å². The van der Waals surface area contributed by atoms with Gasteiger partial charge in [0.25, 0.3) is 0 Å². The molecule has 0 aliphatic carbocycles. The van der Waals surface area contributed by atoms with Crippen LogP contribution in [0.15, 0.2) is 0 Å². The number of rotatable bonds is 2. The second-order valence-corrected chi connectivity index (χ2v) is 6.23. The monoisotopic (exact) mass is 213 g/mol. The molecule has 2 N–H and O–H groups in total. The van der Waals surface area contributed by atoms with Crippen molar-refractivity contribution in [3.63, 3.8) is 0 Å². The minimum atomic E-state index is 0.119. The third-order valence-electron chi connectivity index (χ3n) is 4.36. The van der Waals surface area contributed by atoms with E-state index >= 15 is 0 Å². The SMILES string of the molecule is CC[C@@H]1OCC(C(C)C)(C(C)(C)C)[C@@H]1N. The summed E-state index contributed by atoms with van der Waals surface area (Å²) in [4.78, 5) is 0. The highest BCUT2D eigenvalue weighted by Gasteiger charge is 2.55. The van der Waals surface area contributed by atoms with Crippen LogP contribution in [0.3, 0.4) is 0 Å². The van der Waals surface area contributed by atoms with Gasteiger partial charge in [0, 0.05) is 11.5 Å². The van der Waals surface area contributed by atoms with Crippen molar-refractivity contribution in [1.82, 2.24) is 0 Å². The standard InChI is InChI=1S/C13H27NO/c1-7-10-11(14)13(8-15-10,9(2)3)12(4,5)6/h9-11H,7-8,14H2,1-6H3/t10-,11+,13?/m0/s1. The summed E-state index contributed by atoms with van der Waals surface area (Å²) in [7, 11) is 0. The lowest BCUT2D eigenvalue weighted by atomic mass is 9.57. The maximum atomic E-state index is 6.43. The molecule has 0 radical (unpaired) electrons. The van der Waals surface area contributed by atoms with E-state index < -0.39 is 0 Å². The predicted octanol–water partition coefficient (Wildman–Crippen LogP) is 2.81. The lowest BCUT2D eigenvalue weighted by Gasteiger charge is -2.47. The van der Waals surface area contributed by atoms with Crippen molar-refractivity contribution in [2.75, 3.05) is 6.61 Å². The van der Waals surface area contributed by atoms with Gasteiger partial charge in [0.2, 0.25) is 0 Å². The lowest BCUT2D eigenvalue weighted by molar-refractivity contribution is 0.00642. The second-order valence-electron chi connectivity index (χ2n) is 6.23. The Bertz CT molecular complexity index is 219. The summed E-state index contributed by atoms with van der Waals surface area (Å²) in [6, 6.07) is 0.169. The highest BCUT2D eigenvalue weighted by Crippen LogP contribution is 2.51. The van der Waals surface area contributed by atoms with E-state index in [4.69, 9.17) is 10.5 Å². The summed E-state index contributed by atoms with van der Waals surface area (Å²) >= 11 is 0. The van der Waals surface area contributed by atoms with Crippen molar-refractivity contribution >= 4 is 0 Å². The lowest BCUT2D eigenvalue weighted by Crippen LogP contribution is -2.54. The Kier molecular flexibility index (Phi) is 3.52. The van der Waals surface area contributed by atoms with Crippen LogP contribution in [0.2, 0.25) is 0 Å². The minimum absolute atomic E-state index is 0.119. The predicted molar refractivity (Wildman–Crippen MR) is 64.7 cm³/mol. The Balaban J connectivity index is 3.05. The molecule has 1 unspecified atom stereocenters. The zero-order valence-electron chi connectivity index (χ0n) is 11.1. The van der Waals surface area contributed by atoms with Crippen molar-refractivity contribution in [3.8, 4) is 0 Å². The quantitative estimate of drug-likeness (QED) is 0.765. The summed E-state index contributed by atoms with van der Waals surface area (Å²) in [5.74, 6) is 0.559. The summed E-state index contributed by atoms with van der Waals surface area (Å²) in [6.45, 7) is 14.4. The third kappa shape index (κ3) is 1.83. The van der Waals surface area contributed by atoms with Gasteiger partial charge in [0.1, 0.15) is 0 Å². The van der Waals surface area contributed by atoms with E-state index in [1.807, 2.05) is 0 Å². The van der Waals surface area contributed by atoms with Gasteiger partial charge in [-0.15, -0.1) is 0 Å². The van der Waals surface area contributed by atoms with Gasteiger partial charge in [-0.25, -0.2) is 0 Å². The average Bonchev–Trinajstić information content (AvgIpc) is 2.42. The maximum Gasteiger partial charge on any atom is 0.0730 e. The molecule has 2 heteroatoms. The van der Waals surface area contributed by atoms with E-state index in [1.165, 1.54) is 0 Å². The van der Waals surface area contributed by atoms with Gasteiger partial charge in [-0.3, -0.25) is 0 Å². The molecule has 0 amide bonds. The van der Waals surface area contributed by atoms with Gasteiger partial charge in [-0.2, -0.15) is 0 Å². The van der Waals surface area contributed by atoms with Gasteiger partial charge < -0.3 is 10.5 Å². The van der Waals surface area contributed by atoms with Crippen LogP contribution in [0.1, 0.15) is 48.0 Å². The van der Waals surface area contributed by atoms with Crippen LogP contribution in [0.5, 0.6) is 0 Å². The van der Waals surface area contributed by atoms with Gasteiger partial charge in [-0.1, -0.05) is 41.5 Å². The average molecular weight is 213 g/mol. The third-order valence-corrected chi connectivity index (χ3v) is 4.36. The van der Waals surface area contributed by atoms with E-state index in [9.17, 15) is 0 Å². The maximum absolute atomic E-state index is 6.43. The molecule has 2 nitrogen and oxygen atoms in total. The molecule has 0 aromatic heterocycles. The zero-order valence-corrected chi connectivity index (χ0v) is 11.1. The molecule has 1 fully saturated rings. The fourth-order valence-corrected chi connectivity index (χ4v) is 3.28. The highest BCUT2D eigenvalue weighted by atomic mass is 16.5. The van der Waals surface area contributed by atoms with Crippen LogP contribution < -0.4 is 5.73 Å². The van der Waals surface area contributed by atoms with E-state index in [2.05, 4.69) is 41.5 Å². The molecule has 1 rings (SSSR count). The first-order valence-electron chi connectivity index (χ1n) is 6.14. The summed E-state index contributed by atoms with van der Waals surface area (Å²) < 4.78 is 5.89. The van der Waals surface area contributed by atoms with Crippen molar-refractivity contribution in [2.24, 2.45) is 22.5 Å². The van der Waals surface area contributed by atoms with Crippen molar-refractivity contribution < 1.29 is 4.74 Å². The molecule has 15 heavy (non-hydrogen) atoms. The van der Waals surface area contributed by atoms with E-state index in [-0.39, 0.29) is 23.0 Å². The molecule has 0 saturated carbocycles. The Morgan fingerprint density at radius 1 is 1.40 bits per heavy atom. The molecular formula is C13H27NO. The minimum Gasteiger partial charge on any atom is -0.376 e. The van der Waals surface area contributed by atoms with Gasteiger partial charge in [0.15, 0.2) is 0 Å². The Morgan fingerprint density at radius 2 is 1.93 bits per heavy atom. The smallest absolute Gasteiger partial charge is 0.0730 e. The molecule has 0 aromatic carbocycles. The second kappa shape index (κ2) is 4.06. The van der Waals surface area contributed by atoms with Crippen LogP contribution in [0.4, 0.5) is 0 Å². The van der Waals surface area contributed by atoms with Gasteiger partial charge in [0.05, 0.1) is 12.7 Å². The van der Waals surface area contributed by atoms with Crippen LogP contribution in [-0.4, -0.2) is 18.8 Å². The topological polar surface area (TPSA) is 35.2 Å². The first-order valence-corrected chi connectivity index (χ1v) is 6.14. The molecule has 90 valence electrons. The number of hydrogen-bond acceptors (Lipinski definition) is 2. The van der Waals surface area contributed by atoms with Gasteiger partial charge in [-0.05, 0) is 17.8 Å². The molecule has 1 aliphatic heterocycles. The van der Waals surface area contributed by atoms with Crippen LogP contribution in [-0.2, 0) is 4.74 Å². The van der Waals surface area contributed by atoms with Crippen LogP contribution >= 0.6 is 0 Å². The Hall–Kier alpha value is -0.0800. The molecular weight excluding hydrogens is 186 g/mol. The summed E-state index contributed by atoms with van der Waals surface area (Å²) in [5.41, 5.74) is 6.75. The van der Waals surface area contributed by atoms with Crippen LogP contribution in [0, 0.1) is 16.7 Å². The fourth-order valence-electron chi connectivity index (χ4n) is 3.28. The molecule has 0 bridgehead atoms. The molecule has 0 spiro atoms. The molecule has 1 heterocycles. The number of hydrogen-bond donors (Lipinski definition) is 1. The van der Waals surface area contributed by atoms with Crippen LogP contribution in [0.25, 0.3) is 0 Å². The first kappa shape index (κ1) is 13.0.